The van der Waals surface area contributed by atoms with E-state index in [2.05, 4.69) is 10.4 Å². The van der Waals surface area contributed by atoms with Crippen LogP contribution in [-0.2, 0) is 9.59 Å². The van der Waals surface area contributed by atoms with Gasteiger partial charge in [0, 0.05) is 18.5 Å². The first-order chi connectivity index (χ1) is 11.1. The van der Waals surface area contributed by atoms with Crippen LogP contribution in [-0.4, -0.2) is 17.5 Å². The molecule has 0 bridgehead atoms. The number of nitrogens with one attached hydrogen (secondary N) is 1. The van der Waals surface area contributed by atoms with Gasteiger partial charge >= 0.3 is 0 Å². The van der Waals surface area contributed by atoms with Crippen LogP contribution >= 0.6 is 0 Å². The van der Waals surface area contributed by atoms with E-state index in [-0.39, 0.29) is 30.3 Å². The monoisotopic (exact) mass is 311 g/mol. The molecule has 2 aromatic carbocycles. The smallest absolute Gasteiger partial charge is 0.271 e. The Kier molecular flexibility index (Phi) is 4.14. The lowest BCUT2D eigenvalue weighted by atomic mass is 10.1. The van der Waals surface area contributed by atoms with Crippen LogP contribution in [0.1, 0.15) is 12.8 Å². The Morgan fingerprint density at radius 3 is 2.43 bits per heavy atom. The van der Waals surface area contributed by atoms with E-state index in [0.29, 0.717) is 11.4 Å². The summed E-state index contributed by atoms with van der Waals surface area (Å²) in [5, 5.41) is 8.05. The minimum Gasteiger partial charge on any atom is -0.321 e. The molecular formula is C17H14FN3O2. The van der Waals surface area contributed by atoms with Crippen molar-refractivity contribution in [3.05, 3.63) is 60.4 Å². The molecule has 2 aromatic rings. The Bertz CT molecular complexity index is 757. The van der Waals surface area contributed by atoms with Gasteiger partial charge in [0.05, 0.1) is 5.69 Å². The van der Waals surface area contributed by atoms with E-state index in [0.717, 1.165) is 0 Å². The molecule has 116 valence electrons. The van der Waals surface area contributed by atoms with E-state index < -0.39 is 5.91 Å². The molecule has 0 spiro atoms. The maximum atomic E-state index is 12.9. The summed E-state index contributed by atoms with van der Waals surface area (Å²) in [6.45, 7) is 0. The maximum Gasteiger partial charge on any atom is 0.271 e. The number of halogens is 1. The second kappa shape index (κ2) is 6.39. The summed E-state index contributed by atoms with van der Waals surface area (Å²) in [7, 11) is 0. The molecular weight excluding hydrogens is 297 g/mol. The molecule has 0 unspecified atom stereocenters. The van der Waals surface area contributed by atoms with Gasteiger partial charge in [-0.05, 0) is 36.4 Å². The van der Waals surface area contributed by atoms with Gasteiger partial charge in [-0.15, -0.1) is 0 Å². The average Bonchev–Trinajstić information content (AvgIpc) is 2.58. The zero-order chi connectivity index (χ0) is 16.2. The second-order valence-corrected chi connectivity index (χ2v) is 5.05. The average molecular weight is 311 g/mol. The first kappa shape index (κ1) is 14.9. The molecule has 0 aliphatic carbocycles. The Morgan fingerprint density at radius 2 is 1.74 bits per heavy atom. The quantitative estimate of drug-likeness (QED) is 0.947. The molecule has 3 rings (SSSR count). The van der Waals surface area contributed by atoms with Gasteiger partial charge in [0.1, 0.15) is 11.5 Å². The van der Waals surface area contributed by atoms with Crippen molar-refractivity contribution in [3.63, 3.8) is 0 Å². The van der Waals surface area contributed by atoms with Crippen LogP contribution < -0.4 is 10.3 Å². The van der Waals surface area contributed by atoms with Crippen LogP contribution in [0.25, 0.3) is 0 Å². The van der Waals surface area contributed by atoms with E-state index in [9.17, 15) is 14.0 Å². The molecule has 1 N–H and O–H groups in total. The fraction of sp³-hybridized carbons (Fsp3) is 0.118. The minimum absolute atomic E-state index is 0.158. The Labute approximate surface area is 132 Å². The lowest BCUT2D eigenvalue weighted by molar-refractivity contribution is -0.118. The van der Waals surface area contributed by atoms with Gasteiger partial charge < -0.3 is 5.32 Å². The molecule has 0 radical (unpaired) electrons. The number of hydrogen-bond acceptors (Lipinski definition) is 3. The van der Waals surface area contributed by atoms with E-state index >= 15 is 0 Å². The zero-order valence-electron chi connectivity index (χ0n) is 12.2. The summed E-state index contributed by atoms with van der Waals surface area (Å²) in [4.78, 5) is 24.3. The molecule has 0 atom stereocenters. The van der Waals surface area contributed by atoms with Crippen LogP contribution in [0.2, 0.25) is 0 Å². The summed E-state index contributed by atoms with van der Waals surface area (Å²) in [6, 6.07) is 14.4. The van der Waals surface area contributed by atoms with Gasteiger partial charge in [0.15, 0.2) is 0 Å². The SMILES string of the molecule is O=C(Nc1ccc(F)cc1)C1=NN(c2ccccc2)C(=O)CC1. The predicted octanol–water partition coefficient (Wildman–Crippen LogP) is 2.95. The third kappa shape index (κ3) is 3.42. The van der Waals surface area contributed by atoms with E-state index in [1.54, 1.807) is 24.3 Å². The van der Waals surface area contributed by atoms with Crippen LogP contribution in [0.15, 0.2) is 59.7 Å². The lowest BCUT2D eigenvalue weighted by Crippen LogP contribution is -2.36. The van der Waals surface area contributed by atoms with Crippen LogP contribution in [0.3, 0.4) is 0 Å². The van der Waals surface area contributed by atoms with Gasteiger partial charge in [0.25, 0.3) is 5.91 Å². The minimum atomic E-state index is -0.398. The number of para-hydroxylation sites is 1. The van der Waals surface area contributed by atoms with Crippen molar-refractivity contribution in [2.45, 2.75) is 12.8 Å². The Balaban J connectivity index is 1.80. The third-order valence-electron chi connectivity index (χ3n) is 3.40. The zero-order valence-corrected chi connectivity index (χ0v) is 12.2. The highest BCUT2D eigenvalue weighted by Gasteiger charge is 2.25. The van der Waals surface area contributed by atoms with Crippen molar-refractivity contribution < 1.29 is 14.0 Å². The second-order valence-electron chi connectivity index (χ2n) is 5.05. The molecule has 5 nitrogen and oxygen atoms in total. The fourth-order valence-electron chi connectivity index (χ4n) is 2.22. The van der Waals surface area contributed by atoms with Crippen molar-refractivity contribution >= 4 is 28.9 Å². The van der Waals surface area contributed by atoms with E-state index in [4.69, 9.17) is 0 Å². The molecule has 6 heteroatoms. The number of benzene rings is 2. The Morgan fingerprint density at radius 1 is 1.04 bits per heavy atom. The number of anilines is 2. The van der Waals surface area contributed by atoms with Crippen molar-refractivity contribution in [1.29, 1.82) is 0 Å². The predicted molar refractivity (Wildman–Crippen MR) is 85.6 cm³/mol. The molecule has 1 aliphatic heterocycles. The molecule has 0 saturated heterocycles. The van der Waals surface area contributed by atoms with Crippen LogP contribution in [0.5, 0.6) is 0 Å². The largest absolute Gasteiger partial charge is 0.321 e. The van der Waals surface area contributed by atoms with Gasteiger partial charge in [-0.25, -0.2) is 9.40 Å². The number of hydrazone groups is 1. The fourth-order valence-corrected chi connectivity index (χ4v) is 2.22. The first-order valence-electron chi connectivity index (χ1n) is 7.16. The summed E-state index contributed by atoms with van der Waals surface area (Å²) in [6.07, 6.45) is 0.486. The van der Waals surface area contributed by atoms with Crippen molar-refractivity contribution in [1.82, 2.24) is 0 Å². The molecule has 2 amide bonds. The number of nitrogens with zero attached hydrogens (tertiary/aromatic N) is 2. The van der Waals surface area contributed by atoms with E-state index in [1.807, 2.05) is 6.07 Å². The van der Waals surface area contributed by atoms with Crippen LogP contribution in [0.4, 0.5) is 15.8 Å². The summed E-state index contributed by atoms with van der Waals surface area (Å²) in [5.74, 6) is -0.932. The number of carbonyl (C=O) groups excluding carboxylic acids is 2. The van der Waals surface area contributed by atoms with Crippen molar-refractivity contribution in [2.75, 3.05) is 10.3 Å². The highest BCUT2D eigenvalue weighted by molar-refractivity contribution is 6.44. The molecule has 23 heavy (non-hydrogen) atoms. The number of rotatable bonds is 3. The Hall–Kier alpha value is -3.02. The number of carbonyl (C=O) groups is 2. The molecule has 1 heterocycles. The number of hydrogen-bond donors (Lipinski definition) is 1. The normalized spacial score (nSPS) is 14.4. The summed E-state index contributed by atoms with van der Waals surface area (Å²) >= 11 is 0. The standard InChI is InChI=1S/C17H14FN3O2/c18-12-6-8-13(9-7-12)19-17(23)15-10-11-16(22)21(20-15)14-4-2-1-3-5-14/h1-9H,10-11H2,(H,19,23). The lowest BCUT2D eigenvalue weighted by Gasteiger charge is -2.23. The molecule has 0 fully saturated rings. The van der Waals surface area contributed by atoms with Gasteiger partial charge in [-0.1, -0.05) is 18.2 Å². The van der Waals surface area contributed by atoms with E-state index in [1.165, 1.54) is 29.3 Å². The van der Waals surface area contributed by atoms with Gasteiger partial charge in [-0.2, -0.15) is 5.10 Å². The topological polar surface area (TPSA) is 61.8 Å². The summed E-state index contributed by atoms with van der Waals surface area (Å²) < 4.78 is 12.9. The molecule has 0 saturated carbocycles. The first-order valence-corrected chi connectivity index (χ1v) is 7.16. The molecule has 0 aromatic heterocycles. The maximum absolute atomic E-state index is 12.9. The van der Waals surface area contributed by atoms with Crippen molar-refractivity contribution in [3.8, 4) is 0 Å². The number of amides is 2. The highest BCUT2D eigenvalue weighted by Crippen LogP contribution is 2.20. The third-order valence-corrected chi connectivity index (χ3v) is 3.40. The molecule has 1 aliphatic rings. The van der Waals surface area contributed by atoms with Crippen molar-refractivity contribution in [2.24, 2.45) is 5.10 Å². The van der Waals surface area contributed by atoms with Crippen LogP contribution in [0, 0.1) is 5.82 Å². The highest BCUT2D eigenvalue weighted by atomic mass is 19.1. The summed E-state index contributed by atoms with van der Waals surface area (Å²) in [5.41, 5.74) is 1.35. The van der Waals surface area contributed by atoms with Gasteiger partial charge in [-0.3, -0.25) is 9.59 Å². The van der Waals surface area contributed by atoms with Gasteiger partial charge in [0.2, 0.25) is 5.91 Å².